The van der Waals surface area contributed by atoms with Gasteiger partial charge < -0.3 is 19.3 Å². The van der Waals surface area contributed by atoms with E-state index in [0.717, 1.165) is 41.0 Å². The number of rotatable bonds is 5. The Morgan fingerprint density at radius 1 is 1.09 bits per heavy atom. The van der Waals surface area contributed by atoms with Crippen molar-refractivity contribution in [2.45, 2.75) is 45.1 Å². The van der Waals surface area contributed by atoms with Crippen LogP contribution in [-0.2, 0) is 16.0 Å². The molecular weight excluding hydrogens is 416 g/mol. The van der Waals surface area contributed by atoms with Crippen molar-refractivity contribution in [1.82, 2.24) is 0 Å². The SMILES string of the molecule is COC(=O)CC1COc2cc(OC3CCc4c(-c5c(C)cc(O)cc5C)cccc43)ccc21. The third-order valence-electron chi connectivity index (χ3n) is 6.79. The molecule has 33 heavy (non-hydrogen) atoms. The summed E-state index contributed by atoms with van der Waals surface area (Å²) in [6, 6.07) is 15.9. The van der Waals surface area contributed by atoms with Crippen LogP contribution in [0.2, 0.25) is 0 Å². The van der Waals surface area contributed by atoms with Crippen molar-refractivity contribution in [2.24, 2.45) is 0 Å². The predicted octanol–water partition coefficient (Wildman–Crippen LogP) is 5.78. The Labute approximate surface area is 193 Å². The van der Waals surface area contributed by atoms with E-state index in [0.29, 0.717) is 18.8 Å². The Morgan fingerprint density at radius 2 is 1.88 bits per heavy atom. The normalized spacial score (nSPS) is 18.4. The first-order valence-corrected chi connectivity index (χ1v) is 11.4. The monoisotopic (exact) mass is 444 g/mol. The molecule has 0 aromatic heterocycles. The van der Waals surface area contributed by atoms with Gasteiger partial charge in [-0.15, -0.1) is 0 Å². The molecule has 5 rings (SSSR count). The highest BCUT2D eigenvalue weighted by Crippen LogP contribution is 2.44. The summed E-state index contributed by atoms with van der Waals surface area (Å²) in [7, 11) is 1.41. The minimum absolute atomic E-state index is 0.0213. The Kier molecular flexibility index (Phi) is 5.49. The van der Waals surface area contributed by atoms with Crippen molar-refractivity contribution in [2.75, 3.05) is 13.7 Å². The van der Waals surface area contributed by atoms with Gasteiger partial charge in [-0.05, 0) is 78.3 Å². The molecule has 1 N–H and O–H groups in total. The van der Waals surface area contributed by atoms with E-state index in [-0.39, 0.29) is 18.0 Å². The number of ether oxygens (including phenoxy) is 3. The molecule has 3 aromatic carbocycles. The molecule has 0 spiro atoms. The third kappa shape index (κ3) is 3.92. The molecule has 1 aliphatic carbocycles. The van der Waals surface area contributed by atoms with Crippen molar-refractivity contribution in [3.8, 4) is 28.4 Å². The van der Waals surface area contributed by atoms with E-state index >= 15 is 0 Å². The van der Waals surface area contributed by atoms with Crippen molar-refractivity contribution in [1.29, 1.82) is 0 Å². The van der Waals surface area contributed by atoms with Crippen LogP contribution in [-0.4, -0.2) is 24.8 Å². The number of phenolic OH excluding ortho intramolecular Hbond substituents is 1. The number of hydrogen-bond acceptors (Lipinski definition) is 5. The fourth-order valence-electron chi connectivity index (χ4n) is 5.29. The second-order valence-corrected chi connectivity index (χ2v) is 8.96. The number of hydrogen-bond donors (Lipinski definition) is 1. The molecule has 0 saturated heterocycles. The van der Waals surface area contributed by atoms with Crippen LogP contribution < -0.4 is 9.47 Å². The van der Waals surface area contributed by atoms with E-state index in [2.05, 4.69) is 18.2 Å². The van der Waals surface area contributed by atoms with Crippen molar-refractivity contribution in [3.05, 3.63) is 76.3 Å². The molecule has 0 fully saturated rings. The Hall–Kier alpha value is -3.47. The van der Waals surface area contributed by atoms with Crippen LogP contribution in [0.5, 0.6) is 17.2 Å². The van der Waals surface area contributed by atoms with Crippen LogP contribution in [0.1, 0.15) is 52.7 Å². The number of methoxy groups -OCH3 is 1. The number of phenols is 1. The van der Waals surface area contributed by atoms with Crippen molar-refractivity contribution >= 4 is 5.97 Å². The molecule has 1 aliphatic heterocycles. The summed E-state index contributed by atoms with van der Waals surface area (Å²) in [5.74, 6) is 1.65. The van der Waals surface area contributed by atoms with Crippen LogP contribution >= 0.6 is 0 Å². The summed E-state index contributed by atoms with van der Waals surface area (Å²) < 4.78 is 17.1. The summed E-state index contributed by atoms with van der Waals surface area (Å²) in [4.78, 5) is 11.7. The predicted molar refractivity (Wildman–Crippen MR) is 126 cm³/mol. The van der Waals surface area contributed by atoms with E-state index in [9.17, 15) is 9.90 Å². The number of carbonyl (C=O) groups is 1. The lowest BCUT2D eigenvalue weighted by Crippen LogP contribution is -2.09. The lowest BCUT2D eigenvalue weighted by atomic mass is 9.90. The van der Waals surface area contributed by atoms with Gasteiger partial charge in [-0.25, -0.2) is 0 Å². The summed E-state index contributed by atoms with van der Waals surface area (Å²) in [5.41, 5.74) is 8.11. The quantitative estimate of drug-likeness (QED) is 0.505. The van der Waals surface area contributed by atoms with Gasteiger partial charge in [0.25, 0.3) is 0 Å². The molecule has 5 heteroatoms. The van der Waals surface area contributed by atoms with E-state index in [1.54, 1.807) is 0 Å². The highest BCUT2D eigenvalue weighted by molar-refractivity contribution is 5.76. The molecule has 0 bridgehead atoms. The Balaban J connectivity index is 1.40. The number of esters is 1. The first kappa shape index (κ1) is 21.4. The molecule has 0 amide bonds. The Bertz CT molecular complexity index is 1210. The zero-order valence-electron chi connectivity index (χ0n) is 19.2. The summed E-state index contributed by atoms with van der Waals surface area (Å²) in [5, 5.41) is 9.95. The number of benzene rings is 3. The number of aromatic hydroxyl groups is 1. The van der Waals surface area contributed by atoms with Gasteiger partial charge in [-0.3, -0.25) is 4.79 Å². The van der Waals surface area contributed by atoms with Crippen LogP contribution in [0.25, 0.3) is 11.1 Å². The maximum atomic E-state index is 11.7. The van der Waals surface area contributed by atoms with E-state index in [1.165, 1.54) is 29.4 Å². The largest absolute Gasteiger partial charge is 0.508 e. The first-order chi connectivity index (χ1) is 15.9. The fraction of sp³-hybridized carbons (Fsp3) is 0.321. The van der Waals surface area contributed by atoms with E-state index < -0.39 is 0 Å². The fourth-order valence-corrected chi connectivity index (χ4v) is 5.29. The van der Waals surface area contributed by atoms with E-state index in [1.807, 2.05) is 44.2 Å². The molecule has 1 heterocycles. The summed E-state index contributed by atoms with van der Waals surface area (Å²) in [6.45, 7) is 4.57. The number of fused-ring (bicyclic) bond motifs is 2. The molecule has 2 atom stereocenters. The number of aryl methyl sites for hydroxylation is 2. The lowest BCUT2D eigenvalue weighted by molar-refractivity contribution is -0.141. The van der Waals surface area contributed by atoms with E-state index in [4.69, 9.17) is 14.2 Å². The van der Waals surface area contributed by atoms with Crippen LogP contribution in [0.4, 0.5) is 0 Å². The molecule has 0 saturated carbocycles. The Morgan fingerprint density at radius 3 is 2.64 bits per heavy atom. The van der Waals surface area contributed by atoms with Crippen LogP contribution in [0, 0.1) is 13.8 Å². The molecular formula is C28H28O5. The van der Waals surface area contributed by atoms with Gasteiger partial charge in [-0.2, -0.15) is 0 Å². The van der Waals surface area contributed by atoms with Gasteiger partial charge in [0, 0.05) is 17.5 Å². The maximum Gasteiger partial charge on any atom is 0.306 e. The van der Waals surface area contributed by atoms with Gasteiger partial charge in [0.1, 0.15) is 23.4 Å². The number of carbonyl (C=O) groups excluding carboxylic acids is 1. The van der Waals surface area contributed by atoms with Gasteiger partial charge in [0.05, 0.1) is 20.1 Å². The highest BCUT2D eigenvalue weighted by atomic mass is 16.5. The lowest BCUT2D eigenvalue weighted by Gasteiger charge is -2.18. The highest BCUT2D eigenvalue weighted by Gasteiger charge is 2.30. The first-order valence-electron chi connectivity index (χ1n) is 11.4. The van der Waals surface area contributed by atoms with Gasteiger partial charge >= 0.3 is 5.97 Å². The molecule has 170 valence electrons. The second-order valence-electron chi connectivity index (χ2n) is 8.96. The molecule has 2 aliphatic rings. The zero-order valence-corrected chi connectivity index (χ0v) is 19.2. The topological polar surface area (TPSA) is 65.0 Å². The maximum absolute atomic E-state index is 11.7. The van der Waals surface area contributed by atoms with Crippen LogP contribution in [0.3, 0.4) is 0 Å². The molecule has 3 aromatic rings. The van der Waals surface area contributed by atoms with Crippen molar-refractivity contribution in [3.63, 3.8) is 0 Å². The third-order valence-corrected chi connectivity index (χ3v) is 6.79. The average molecular weight is 445 g/mol. The molecule has 5 nitrogen and oxygen atoms in total. The zero-order chi connectivity index (χ0) is 23.1. The van der Waals surface area contributed by atoms with Gasteiger partial charge in [0.2, 0.25) is 0 Å². The minimum atomic E-state index is -0.228. The molecule has 0 radical (unpaired) electrons. The minimum Gasteiger partial charge on any atom is -0.508 e. The van der Waals surface area contributed by atoms with Gasteiger partial charge in [-0.1, -0.05) is 24.3 Å². The standard InChI is InChI=1S/C28H28O5/c1-16-11-19(29)12-17(2)28(16)24-6-4-5-23-22(24)9-10-25(23)33-20-7-8-21-18(13-27(30)31-3)15-32-26(21)14-20/h4-8,11-12,14,18,25,29H,9-10,13,15H2,1-3H3. The second kappa shape index (κ2) is 8.47. The summed E-state index contributed by atoms with van der Waals surface area (Å²) in [6.07, 6.45) is 2.14. The van der Waals surface area contributed by atoms with Crippen molar-refractivity contribution < 1.29 is 24.1 Å². The summed E-state index contributed by atoms with van der Waals surface area (Å²) >= 11 is 0. The molecule has 2 unspecified atom stereocenters. The average Bonchev–Trinajstić information content (AvgIpc) is 3.37. The smallest absolute Gasteiger partial charge is 0.306 e. The van der Waals surface area contributed by atoms with Crippen LogP contribution in [0.15, 0.2) is 48.5 Å². The van der Waals surface area contributed by atoms with Gasteiger partial charge in [0.15, 0.2) is 0 Å².